The molecule has 9 nitrogen and oxygen atoms in total. The Morgan fingerprint density at radius 2 is 1.52 bits per heavy atom. The summed E-state index contributed by atoms with van der Waals surface area (Å²) >= 11 is 8.97. The van der Waals surface area contributed by atoms with Crippen LogP contribution in [-0.4, -0.2) is 87.0 Å². The molecule has 2 aromatic heterocycles. The minimum atomic E-state index is -0.731. The van der Waals surface area contributed by atoms with E-state index < -0.39 is 5.60 Å². The average molecular weight is 871 g/mol. The highest BCUT2D eigenvalue weighted by molar-refractivity contribution is 7.15. The first-order chi connectivity index (χ1) is 29.9. The van der Waals surface area contributed by atoms with E-state index in [1.807, 2.05) is 31.2 Å². The number of phenolic OH excluding ortho intramolecular Hbond substituents is 1. The highest BCUT2D eigenvalue weighted by atomic mass is 35.5. The summed E-state index contributed by atoms with van der Waals surface area (Å²) in [6.07, 6.45) is 3.15. The molecule has 62 heavy (non-hydrogen) atoms. The van der Waals surface area contributed by atoms with Crippen LogP contribution in [0.1, 0.15) is 99.5 Å². The molecule has 320 valence electrons. The van der Waals surface area contributed by atoms with Crippen LogP contribution in [-0.2, 0) is 6.42 Å². The molecule has 4 aliphatic rings. The van der Waals surface area contributed by atoms with Crippen LogP contribution in [0.25, 0.3) is 5.00 Å². The molecule has 0 bridgehead atoms. The van der Waals surface area contributed by atoms with Gasteiger partial charge in [0.1, 0.15) is 28.4 Å². The number of phenols is 1. The van der Waals surface area contributed by atoms with Gasteiger partial charge < -0.3 is 20.0 Å². The fraction of sp³-hybridized carbons (Fsp3) is 0.380. The zero-order valence-electron chi connectivity index (χ0n) is 35.8. The third-order valence-electron chi connectivity index (χ3n) is 14.0. The fourth-order valence-corrected chi connectivity index (χ4v) is 12.0. The first-order valence-electron chi connectivity index (χ1n) is 22.0. The van der Waals surface area contributed by atoms with Crippen LogP contribution in [0.2, 0.25) is 5.02 Å². The Kier molecular flexibility index (Phi) is 10.7. The monoisotopic (exact) mass is 869 g/mol. The van der Waals surface area contributed by atoms with Crippen molar-refractivity contribution in [2.24, 2.45) is 4.99 Å². The molecule has 2 fully saturated rings. The fourth-order valence-electron chi connectivity index (χ4n) is 10.5. The zero-order chi connectivity index (χ0) is 42.9. The lowest BCUT2D eigenvalue weighted by Gasteiger charge is -2.44. The van der Waals surface area contributed by atoms with Crippen molar-refractivity contribution >= 4 is 40.0 Å². The molecule has 1 aliphatic carbocycles. The van der Waals surface area contributed by atoms with E-state index in [-0.39, 0.29) is 29.4 Å². The number of halogens is 2. The van der Waals surface area contributed by atoms with Crippen molar-refractivity contribution in [1.82, 2.24) is 19.7 Å². The third-order valence-corrected chi connectivity index (χ3v) is 15.5. The normalized spacial score (nSPS) is 21.2. The summed E-state index contributed by atoms with van der Waals surface area (Å²) in [7, 11) is 0. The number of aliphatic hydroxyl groups is 1. The smallest absolute Gasteiger partial charge is 0.162 e. The van der Waals surface area contributed by atoms with Gasteiger partial charge in [-0.1, -0.05) is 48.0 Å². The number of nitrogens with zero attached hydrogens (tertiary/aromatic N) is 7. The van der Waals surface area contributed by atoms with E-state index in [0.717, 1.165) is 113 Å². The predicted octanol–water partition coefficient (Wildman–Crippen LogP) is 9.68. The molecule has 3 aliphatic heterocycles. The van der Waals surface area contributed by atoms with Gasteiger partial charge in [-0.3, -0.25) is 14.5 Å². The number of β-amino-alcohol motifs (C(OH)–C–C–N with tert-alkyl or cyclic N) is 1. The summed E-state index contributed by atoms with van der Waals surface area (Å²) in [5.74, 6) is 1.90. The average Bonchev–Trinajstić information content (AvgIpc) is 3.76. The molecule has 6 aromatic rings. The number of benzene rings is 4. The van der Waals surface area contributed by atoms with Gasteiger partial charge in [0.25, 0.3) is 0 Å². The second-order valence-electron chi connectivity index (χ2n) is 17.8. The maximum absolute atomic E-state index is 13.9. The molecular weight excluding hydrogens is 817 g/mol. The van der Waals surface area contributed by atoms with E-state index in [1.165, 1.54) is 33.8 Å². The quantitative estimate of drug-likeness (QED) is 0.165. The molecule has 2 N–H and O–H groups in total. The second kappa shape index (κ2) is 16.2. The number of rotatable bonds is 7. The Morgan fingerprint density at radius 3 is 2.24 bits per heavy atom. The first-order valence-corrected chi connectivity index (χ1v) is 23.1. The number of aryl methyl sites for hydroxylation is 3. The number of aliphatic imine (C=N–C) groups is 1. The number of piperazine rings is 1. The lowest BCUT2D eigenvalue weighted by Crippen LogP contribution is -2.55. The lowest BCUT2D eigenvalue weighted by molar-refractivity contribution is -0.0173. The summed E-state index contributed by atoms with van der Waals surface area (Å²) in [5.41, 5.74) is 10.5. The molecule has 4 aromatic carbocycles. The van der Waals surface area contributed by atoms with Crippen molar-refractivity contribution in [1.29, 1.82) is 0 Å². The first kappa shape index (κ1) is 41.0. The standard InChI is InChI=1S/C50H53ClFN7O2S/c1-30-32(3)62-49-45(30)47(53-31(2)48-55-54-33(4)59(48)49)35-7-12-38(13-8-35)57-21-19-50(61,20-22-57)29-56-23-25-58(26-24-56)39-14-17-43(44(51)28-39)46-41(34-5-10-37(52)11-6-34)16-9-36-27-40(60)15-18-42(36)46/h5-8,10-15,17-18,27-28,31,41,46,60-61H,9,16,19-26,29H2,1-4H3/t31-,41+,46-/m0/s1. The van der Waals surface area contributed by atoms with E-state index in [4.69, 9.17) is 16.6 Å². The molecule has 3 atom stereocenters. The molecule has 12 heteroatoms. The van der Waals surface area contributed by atoms with E-state index in [9.17, 15) is 14.6 Å². The molecule has 5 heterocycles. The SMILES string of the molecule is Cc1sc2c(c1C)C(c1ccc(N3CCC(O)(CN4CCN(c5ccc([C@@H]6c7ccc(O)cc7CC[C@@H]6c6ccc(F)cc6)c(Cl)c5)CC4)CC3)cc1)=N[C@@H](C)c1nnc(C)n1-2. The van der Waals surface area contributed by atoms with Gasteiger partial charge in [-0.25, -0.2) is 4.39 Å². The van der Waals surface area contributed by atoms with Gasteiger partial charge in [-0.05, 0) is 136 Å². The van der Waals surface area contributed by atoms with Crippen LogP contribution in [0.15, 0.2) is 89.9 Å². The van der Waals surface area contributed by atoms with Gasteiger partial charge in [0.2, 0.25) is 0 Å². The Labute approximate surface area is 372 Å². The van der Waals surface area contributed by atoms with Crippen molar-refractivity contribution in [2.75, 3.05) is 55.6 Å². The number of anilines is 2. The van der Waals surface area contributed by atoms with Gasteiger partial charge in [-0.15, -0.1) is 21.5 Å². The van der Waals surface area contributed by atoms with Crippen molar-refractivity contribution in [3.63, 3.8) is 0 Å². The maximum Gasteiger partial charge on any atom is 0.162 e. The summed E-state index contributed by atoms with van der Waals surface area (Å²) in [5, 5.41) is 32.9. The van der Waals surface area contributed by atoms with Crippen LogP contribution in [0, 0.1) is 26.6 Å². The van der Waals surface area contributed by atoms with Crippen LogP contribution in [0.5, 0.6) is 5.75 Å². The Morgan fingerprint density at radius 1 is 0.823 bits per heavy atom. The third kappa shape index (κ3) is 7.50. The molecule has 0 amide bonds. The van der Waals surface area contributed by atoms with Crippen LogP contribution in [0.3, 0.4) is 0 Å². The number of hydrogen-bond donors (Lipinski definition) is 2. The molecule has 2 saturated heterocycles. The van der Waals surface area contributed by atoms with Crippen molar-refractivity contribution in [3.8, 4) is 10.8 Å². The number of piperidine rings is 1. The molecule has 0 spiro atoms. The minimum absolute atomic E-state index is 0.0153. The lowest BCUT2D eigenvalue weighted by atomic mass is 9.69. The summed E-state index contributed by atoms with van der Waals surface area (Å²) < 4.78 is 16.1. The minimum Gasteiger partial charge on any atom is -0.508 e. The van der Waals surface area contributed by atoms with Crippen molar-refractivity contribution in [2.45, 2.75) is 76.9 Å². The van der Waals surface area contributed by atoms with Crippen LogP contribution >= 0.6 is 22.9 Å². The Bertz CT molecular complexity index is 2660. The summed E-state index contributed by atoms with van der Waals surface area (Å²) in [6, 6.07) is 27.6. The zero-order valence-corrected chi connectivity index (χ0v) is 37.4. The van der Waals surface area contributed by atoms with Gasteiger partial charge in [-0.2, -0.15) is 0 Å². The van der Waals surface area contributed by atoms with Gasteiger partial charge in [0.05, 0.1) is 11.3 Å². The summed E-state index contributed by atoms with van der Waals surface area (Å²) in [4.78, 5) is 13.7. The summed E-state index contributed by atoms with van der Waals surface area (Å²) in [6.45, 7) is 14.2. The molecule has 0 radical (unpaired) electrons. The Hall–Kier alpha value is -5.07. The van der Waals surface area contributed by atoms with Crippen LogP contribution < -0.4 is 9.80 Å². The second-order valence-corrected chi connectivity index (χ2v) is 19.5. The Balaban J connectivity index is 0.772. The molecular formula is C50H53ClFN7O2S. The topological polar surface area (TPSA) is 93.2 Å². The van der Waals surface area contributed by atoms with E-state index in [2.05, 4.69) is 92.7 Å². The van der Waals surface area contributed by atoms with Crippen molar-refractivity contribution < 1.29 is 14.6 Å². The number of aromatic hydroxyl groups is 1. The van der Waals surface area contributed by atoms with Crippen molar-refractivity contribution in [3.05, 3.63) is 151 Å². The molecule has 0 saturated carbocycles. The number of fused-ring (bicyclic) bond motifs is 4. The number of hydrogen-bond acceptors (Lipinski definition) is 9. The maximum atomic E-state index is 13.9. The van der Waals surface area contributed by atoms with E-state index in [1.54, 1.807) is 17.4 Å². The van der Waals surface area contributed by atoms with Gasteiger partial charge >= 0.3 is 0 Å². The highest BCUT2D eigenvalue weighted by Gasteiger charge is 2.37. The number of aromatic nitrogens is 3. The highest BCUT2D eigenvalue weighted by Crippen LogP contribution is 2.49. The largest absolute Gasteiger partial charge is 0.508 e. The number of thiophene rings is 1. The van der Waals surface area contributed by atoms with Gasteiger partial charge in [0, 0.05) is 84.1 Å². The van der Waals surface area contributed by atoms with E-state index in [0.29, 0.717) is 19.4 Å². The van der Waals surface area contributed by atoms with Crippen LogP contribution in [0.4, 0.5) is 15.8 Å². The predicted molar refractivity (Wildman–Crippen MR) is 248 cm³/mol. The molecule has 10 rings (SSSR count). The van der Waals surface area contributed by atoms with Gasteiger partial charge in [0.15, 0.2) is 5.82 Å². The molecule has 0 unspecified atom stereocenters. The van der Waals surface area contributed by atoms with E-state index >= 15 is 0 Å².